The second-order valence-electron chi connectivity index (χ2n) is 8.33. The van der Waals surface area contributed by atoms with E-state index in [1.807, 2.05) is 35.9 Å². The molecule has 0 unspecified atom stereocenters. The zero-order valence-corrected chi connectivity index (χ0v) is 20.2. The van der Waals surface area contributed by atoms with E-state index in [0.717, 1.165) is 28.6 Å². The van der Waals surface area contributed by atoms with E-state index in [1.54, 1.807) is 12.1 Å². The third-order valence-corrected chi connectivity index (χ3v) is 7.11. The Morgan fingerprint density at radius 1 is 1.12 bits per heavy atom. The van der Waals surface area contributed by atoms with E-state index in [0.29, 0.717) is 40.4 Å². The number of hydrogen-bond donors (Lipinski definition) is 2. The van der Waals surface area contributed by atoms with Crippen LogP contribution in [0.15, 0.2) is 36.4 Å². The van der Waals surface area contributed by atoms with Crippen LogP contribution in [-0.4, -0.2) is 45.5 Å². The molecule has 0 aliphatic carbocycles. The molecule has 10 heteroatoms. The molecule has 34 heavy (non-hydrogen) atoms. The van der Waals surface area contributed by atoms with Crippen LogP contribution in [0.4, 0.5) is 11.1 Å². The third-order valence-electron chi connectivity index (χ3n) is 5.94. The molecule has 1 fully saturated rings. The number of Topliss-reactive ketones (excluding diaryl/α,β-unsaturated/α-hetero) is 1. The Balaban J connectivity index is 1.26. The molecule has 1 amide bonds. The number of thiazole rings is 1. The number of nitrogens with zero attached hydrogens (tertiary/aromatic N) is 3. The van der Waals surface area contributed by atoms with Crippen LogP contribution in [0.3, 0.4) is 0 Å². The SMILES string of the molecule is Cn1c(Nc2nc3ccc(Cl)cc3s2)nc2cc(C(=O)CCC(=O)NC3CCOCC3)ccc21. The molecule has 0 bridgehead atoms. The van der Waals surface area contributed by atoms with Gasteiger partial charge in [0.15, 0.2) is 10.9 Å². The maximum Gasteiger partial charge on any atom is 0.220 e. The van der Waals surface area contributed by atoms with Crippen molar-refractivity contribution in [1.29, 1.82) is 0 Å². The Labute approximate surface area is 205 Å². The summed E-state index contributed by atoms with van der Waals surface area (Å²) in [6.45, 7) is 1.33. The number of aryl methyl sites for hydroxylation is 1. The van der Waals surface area contributed by atoms with Gasteiger partial charge in [0.05, 0.1) is 21.3 Å². The third kappa shape index (κ3) is 4.91. The summed E-state index contributed by atoms with van der Waals surface area (Å²) in [5, 5.41) is 7.64. The molecule has 2 aromatic heterocycles. The first-order chi connectivity index (χ1) is 16.5. The van der Waals surface area contributed by atoms with E-state index in [-0.39, 0.29) is 30.6 Å². The van der Waals surface area contributed by atoms with Gasteiger partial charge < -0.3 is 19.9 Å². The van der Waals surface area contributed by atoms with Crippen molar-refractivity contribution in [2.75, 3.05) is 18.5 Å². The molecular formula is C24H24ClN5O3S. The predicted molar refractivity (Wildman–Crippen MR) is 134 cm³/mol. The highest BCUT2D eigenvalue weighted by Crippen LogP contribution is 2.31. The van der Waals surface area contributed by atoms with Crippen LogP contribution in [0.2, 0.25) is 5.02 Å². The van der Waals surface area contributed by atoms with E-state index in [9.17, 15) is 9.59 Å². The van der Waals surface area contributed by atoms with Crippen molar-refractivity contribution in [2.24, 2.45) is 7.05 Å². The number of carbonyl (C=O) groups is 2. The normalized spacial score (nSPS) is 14.5. The van der Waals surface area contributed by atoms with Gasteiger partial charge in [0.25, 0.3) is 0 Å². The van der Waals surface area contributed by atoms with Crippen molar-refractivity contribution in [3.63, 3.8) is 0 Å². The highest BCUT2D eigenvalue weighted by molar-refractivity contribution is 7.22. The second kappa shape index (κ2) is 9.69. The molecule has 176 valence electrons. The van der Waals surface area contributed by atoms with Gasteiger partial charge in [-0.05, 0) is 49.2 Å². The molecule has 3 heterocycles. The molecule has 2 N–H and O–H groups in total. The van der Waals surface area contributed by atoms with E-state index >= 15 is 0 Å². The first-order valence-corrected chi connectivity index (χ1v) is 12.4. The fourth-order valence-electron chi connectivity index (χ4n) is 4.05. The molecule has 4 aromatic rings. The quantitative estimate of drug-likeness (QED) is 0.354. The molecule has 2 aromatic carbocycles. The maximum absolute atomic E-state index is 12.7. The zero-order chi connectivity index (χ0) is 23.7. The Morgan fingerprint density at radius 3 is 2.76 bits per heavy atom. The minimum atomic E-state index is -0.0947. The average Bonchev–Trinajstić information content (AvgIpc) is 3.37. The lowest BCUT2D eigenvalue weighted by atomic mass is 10.0. The second-order valence-corrected chi connectivity index (χ2v) is 9.80. The average molecular weight is 498 g/mol. The number of nitrogens with one attached hydrogen (secondary N) is 2. The molecule has 1 saturated heterocycles. The Morgan fingerprint density at radius 2 is 1.94 bits per heavy atom. The van der Waals surface area contributed by atoms with Crippen molar-refractivity contribution >= 4 is 67.0 Å². The predicted octanol–water partition coefficient (Wildman–Crippen LogP) is 4.84. The first-order valence-electron chi connectivity index (χ1n) is 11.2. The molecule has 1 aliphatic heterocycles. The van der Waals surface area contributed by atoms with Crippen LogP contribution in [0.25, 0.3) is 21.3 Å². The van der Waals surface area contributed by atoms with Gasteiger partial charge in [-0.15, -0.1) is 0 Å². The van der Waals surface area contributed by atoms with E-state index in [1.165, 1.54) is 11.3 Å². The lowest BCUT2D eigenvalue weighted by molar-refractivity contribution is -0.122. The number of ketones is 1. The van der Waals surface area contributed by atoms with Crippen LogP contribution >= 0.6 is 22.9 Å². The van der Waals surface area contributed by atoms with Gasteiger partial charge in [0, 0.05) is 49.7 Å². The zero-order valence-electron chi connectivity index (χ0n) is 18.6. The monoisotopic (exact) mass is 497 g/mol. The summed E-state index contributed by atoms with van der Waals surface area (Å²) in [4.78, 5) is 34.2. The van der Waals surface area contributed by atoms with Crippen molar-refractivity contribution in [1.82, 2.24) is 19.9 Å². The summed E-state index contributed by atoms with van der Waals surface area (Å²) in [6, 6.07) is 11.2. The number of halogens is 1. The number of anilines is 2. The number of amides is 1. The lowest BCUT2D eigenvalue weighted by Gasteiger charge is -2.23. The molecule has 0 radical (unpaired) electrons. The first kappa shape index (κ1) is 22.8. The molecule has 5 rings (SSSR count). The summed E-state index contributed by atoms with van der Waals surface area (Å²) in [7, 11) is 1.91. The van der Waals surface area contributed by atoms with Crippen LogP contribution in [-0.2, 0) is 16.6 Å². The number of rotatable bonds is 7. The van der Waals surface area contributed by atoms with Gasteiger partial charge in [-0.3, -0.25) is 9.59 Å². The van der Waals surface area contributed by atoms with Crippen LogP contribution in [0, 0.1) is 0 Å². The standard InChI is InChI=1S/C24H24ClN5O3S/c1-30-19-5-2-14(20(31)6-7-22(32)26-16-8-10-33-11-9-16)12-18(19)27-23(30)29-24-28-17-4-3-15(25)13-21(17)34-24/h2-5,12-13,16H,6-11H2,1H3,(H,26,32)(H,27,28,29). The van der Waals surface area contributed by atoms with Crippen LogP contribution in [0.5, 0.6) is 0 Å². The summed E-state index contributed by atoms with van der Waals surface area (Å²) < 4.78 is 8.22. The van der Waals surface area contributed by atoms with Gasteiger partial charge in [0.2, 0.25) is 11.9 Å². The molecular weight excluding hydrogens is 474 g/mol. The minimum Gasteiger partial charge on any atom is -0.381 e. The highest BCUT2D eigenvalue weighted by atomic mass is 35.5. The molecule has 0 atom stereocenters. The van der Waals surface area contributed by atoms with Gasteiger partial charge in [-0.25, -0.2) is 9.97 Å². The maximum atomic E-state index is 12.7. The van der Waals surface area contributed by atoms with Crippen molar-refractivity contribution in [3.05, 3.63) is 47.0 Å². The van der Waals surface area contributed by atoms with Crippen molar-refractivity contribution < 1.29 is 14.3 Å². The molecule has 1 aliphatic rings. The largest absolute Gasteiger partial charge is 0.381 e. The summed E-state index contributed by atoms with van der Waals surface area (Å²) in [5.41, 5.74) is 3.00. The summed E-state index contributed by atoms with van der Waals surface area (Å²) in [5.74, 6) is 0.454. The fraction of sp³-hybridized carbons (Fsp3) is 0.333. The Kier molecular flexibility index (Phi) is 6.49. The van der Waals surface area contributed by atoms with E-state index in [2.05, 4.69) is 20.6 Å². The smallest absolute Gasteiger partial charge is 0.220 e. The van der Waals surface area contributed by atoms with Gasteiger partial charge in [-0.1, -0.05) is 22.9 Å². The minimum absolute atomic E-state index is 0.0766. The fourth-order valence-corrected chi connectivity index (χ4v) is 5.18. The Hall–Kier alpha value is -3.01. The van der Waals surface area contributed by atoms with Crippen LogP contribution in [0.1, 0.15) is 36.0 Å². The summed E-state index contributed by atoms with van der Waals surface area (Å²) in [6.07, 6.45) is 1.96. The van der Waals surface area contributed by atoms with Gasteiger partial charge in [-0.2, -0.15) is 0 Å². The highest BCUT2D eigenvalue weighted by Gasteiger charge is 2.18. The number of ether oxygens (including phenoxy) is 1. The van der Waals surface area contributed by atoms with Gasteiger partial charge in [0.1, 0.15) is 0 Å². The number of carbonyl (C=O) groups excluding carboxylic acids is 2. The number of hydrogen-bond acceptors (Lipinski definition) is 7. The molecule has 8 nitrogen and oxygen atoms in total. The van der Waals surface area contributed by atoms with E-state index in [4.69, 9.17) is 16.3 Å². The number of imidazole rings is 1. The van der Waals surface area contributed by atoms with Crippen molar-refractivity contribution in [2.45, 2.75) is 31.7 Å². The van der Waals surface area contributed by atoms with Crippen molar-refractivity contribution in [3.8, 4) is 0 Å². The number of benzene rings is 2. The lowest BCUT2D eigenvalue weighted by Crippen LogP contribution is -2.38. The topological polar surface area (TPSA) is 98.1 Å². The van der Waals surface area contributed by atoms with Crippen LogP contribution < -0.4 is 10.6 Å². The van der Waals surface area contributed by atoms with E-state index < -0.39 is 0 Å². The molecule has 0 saturated carbocycles. The Bertz CT molecular complexity index is 1380. The number of fused-ring (bicyclic) bond motifs is 2. The van der Waals surface area contributed by atoms with Gasteiger partial charge >= 0.3 is 0 Å². The number of aromatic nitrogens is 3. The summed E-state index contributed by atoms with van der Waals surface area (Å²) >= 11 is 7.57. The molecule has 0 spiro atoms.